The Labute approximate surface area is 117 Å². The lowest BCUT2D eigenvalue weighted by Gasteiger charge is -2.13. The van der Waals surface area contributed by atoms with Crippen LogP contribution in [0.1, 0.15) is 10.4 Å². The fourth-order valence-corrected chi connectivity index (χ4v) is 1.73. The number of hydrogen-bond acceptors (Lipinski definition) is 3. The van der Waals surface area contributed by atoms with Gasteiger partial charge in [0.25, 0.3) is 5.91 Å². The summed E-state index contributed by atoms with van der Waals surface area (Å²) in [6, 6.07) is 11.3. The highest BCUT2D eigenvalue weighted by atomic mass is 19.1. The minimum Gasteiger partial charge on any atom is -0.396 e. The van der Waals surface area contributed by atoms with Crippen molar-refractivity contribution in [2.24, 2.45) is 0 Å². The van der Waals surface area contributed by atoms with Crippen LogP contribution in [0.3, 0.4) is 0 Å². The van der Waals surface area contributed by atoms with Crippen molar-refractivity contribution in [2.45, 2.75) is 0 Å². The SMILES string of the molecule is CN(C)c1cccc(C(=O)Nc2ccc(N)c(F)c2)c1. The molecule has 0 atom stereocenters. The zero-order valence-corrected chi connectivity index (χ0v) is 11.4. The molecule has 2 aromatic rings. The van der Waals surface area contributed by atoms with Gasteiger partial charge >= 0.3 is 0 Å². The van der Waals surface area contributed by atoms with E-state index in [1.807, 2.05) is 25.1 Å². The molecule has 0 aliphatic rings. The van der Waals surface area contributed by atoms with Crippen molar-refractivity contribution < 1.29 is 9.18 Å². The van der Waals surface area contributed by atoms with Crippen molar-refractivity contribution in [3.8, 4) is 0 Å². The molecule has 0 aromatic heterocycles. The first-order valence-electron chi connectivity index (χ1n) is 6.11. The second-order valence-corrected chi connectivity index (χ2v) is 4.64. The van der Waals surface area contributed by atoms with Gasteiger partial charge in [-0.05, 0) is 36.4 Å². The van der Waals surface area contributed by atoms with Gasteiger partial charge in [-0.25, -0.2) is 4.39 Å². The van der Waals surface area contributed by atoms with Crippen LogP contribution in [0, 0.1) is 5.82 Å². The van der Waals surface area contributed by atoms with Crippen LogP contribution in [0.2, 0.25) is 0 Å². The van der Waals surface area contributed by atoms with Gasteiger partial charge in [-0.1, -0.05) is 6.07 Å². The number of anilines is 3. The number of benzene rings is 2. The smallest absolute Gasteiger partial charge is 0.255 e. The lowest BCUT2D eigenvalue weighted by atomic mass is 10.1. The van der Waals surface area contributed by atoms with E-state index >= 15 is 0 Å². The van der Waals surface area contributed by atoms with Crippen LogP contribution in [0.5, 0.6) is 0 Å². The lowest BCUT2D eigenvalue weighted by molar-refractivity contribution is 0.102. The van der Waals surface area contributed by atoms with E-state index in [9.17, 15) is 9.18 Å². The molecule has 0 heterocycles. The number of hydrogen-bond donors (Lipinski definition) is 2. The predicted octanol–water partition coefficient (Wildman–Crippen LogP) is 2.73. The van der Waals surface area contributed by atoms with E-state index in [4.69, 9.17) is 5.73 Å². The molecule has 0 radical (unpaired) electrons. The first kappa shape index (κ1) is 13.9. The summed E-state index contributed by atoms with van der Waals surface area (Å²) in [7, 11) is 3.79. The minimum atomic E-state index is -0.551. The number of halogens is 1. The maximum atomic E-state index is 13.3. The third kappa shape index (κ3) is 3.06. The molecule has 0 fully saturated rings. The highest BCUT2D eigenvalue weighted by molar-refractivity contribution is 6.04. The van der Waals surface area contributed by atoms with Gasteiger partial charge in [-0.15, -0.1) is 0 Å². The molecule has 3 N–H and O–H groups in total. The molecule has 5 heteroatoms. The summed E-state index contributed by atoms with van der Waals surface area (Å²) in [6.45, 7) is 0. The first-order chi connectivity index (χ1) is 9.47. The third-order valence-corrected chi connectivity index (χ3v) is 2.88. The second kappa shape index (κ2) is 5.61. The number of amides is 1. The van der Waals surface area contributed by atoms with Gasteiger partial charge in [-0.3, -0.25) is 4.79 Å². The van der Waals surface area contributed by atoms with Gasteiger partial charge in [-0.2, -0.15) is 0 Å². The number of nitrogens with one attached hydrogen (secondary N) is 1. The van der Waals surface area contributed by atoms with E-state index < -0.39 is 5.82 Å². The fraction of sp³-hybridized carbons (Fsp3) is 0.133. The monoisotopic (exact) mass is 273 g/mol. The Balaban J connectivity index is 2.19. The zero-order valence-electron chi connectivity index (χ0n) is 11.4. The summed E-state index contributed by atoms with van der Waals surface area (Å²) in [5, 5.41) is 2.64. The van der Waals surface area contributed by atoms with Crippen molar-refractivity contribution in [3.63, 3.8) is 0 Å². The average molecular weight is 273 g/mol. The Bertz CT molecular complexity index is 641. The Morgan fingerprint density at radius 1 is 1.20 bits per heavy atom. The Morgan fingerprint density at radius 2 is 1.95 bits per heavy atom. The number of nitrogen functional groups attached to an aromatic ring is 1. The maximum absolute atomic E-state index is 13.3. The lowest BCUT2D eigenvalue weighted by Crippen LogP contribution is -2.14. The van der Waals surface area contributed by atoms with E-state index in [0.717, 1.165) is 5.69 Å². The molecule has 20 heavy (non-hydrogen) atoms. The molecule has 0 aliphatic carbocycles. The quantitative estimate of drug-likeness (QED) is 0.845. The van der Waals surface area contributed by atoms with Gasteiger partial charge in [0.2, 0.25) is 0 Å². The Kier molecular flexibility index (Phi) is 3.89. The summed E-state index contributed by atoms with van der Waals surface area (Å²) in [6.07, 6.45) is 0. The molecule has 0 unspecified atom stereocenters. The Hall–Kier alpha value is -2.56. The third-order valence-electron chi connectivity index (χ3n) is 2.88. The summed E-state index contributed by atoms with van der Waals surface area (Å²) in [4.78, 5) is 14.0. The standard InChI is InChI=1S/C15H16FN3O/c1-19(2)12-5-3-4-10(8-12)15(20)18-11-6-7-14(17)13(16)9-11/h3-9H,17H2,1-2H3,(H,18,20). The van der Waals surface area contributed by atoms with Crippen molar-refractivity contribution in [1.82, 2.24) is 0 Å². The number of nitrogens with zero attached hydrogens (tertiary/aromatic N) is 1. The van der Waals surface area contributed by atoms with Crippen LogP contribution in [-0.2, 0) is 0 Å². The molecular formula is C15H16FN3O. The van der Waals surface area contributed by atoms with Crippen LogP contribution < -0.4 is 16.0 Å². The van der Waals surface area contributed by atoms with Gasteiger partial charge in [0, 0.05) is 31.0 Å². The zero-order chi connectivity index (χ0) is 14.7. The van der Waals surface area contributed by atoms with Crippen molar-refractivity contribution in [2.75, 3.05) is 30.0 Å². The summed E-state index contributed by atoms with van der Waals surface area (Å²) >= 11 is 0. The Morgan fingerprint density at radius 3 is 2.60 bits per heavy atom. The van der Waals surface area contributed by atoms with Gasteiger partial charge in [0.05, 0.1) is 5.69 Å². The highest BCUT2D eigenvalue weighted by Gasteiger charge is 2.08. The summed E-state index contributed by atoms with van der Waals surface area (Å²) in [5.41, 5.74) is 7.24. The number of nitrogens with two attached hydrogens (primary N) is 1. The van der Waals surface area contributed by atoms with Crippen LogP contribution in [-0.4, -0.2) is 20.0 Å². The molecule has 0 spiro atoms. The summed E-state index contributed by atoms with van der Waals surface area (Å²) < 4.78 is 13.3. The number of carbonyl (C=O) groups is 1. The van der Waals surface area contributed by atoms with Crippen LogP contribution in [0.4, 0.5) is 21.5 Å². The molecule has 0 saturated carbocycles. The van der Waals surface area contributed by atoms with Crippen LogP contribution in [0.25, 0.3) is 0 Å². The normalized spacial score (nSPS) is 10.2. The van der Waals surface area contributed by atoms with Crippen LogP contribution in [0.15, 0.2) is 42.5 Å². The molecule has 0 aliphatic heterocycles. The molecule has 2 aromatic carbocycles. The molecular weight excluding hydrogens is 257 g/mol. The molecule has 0 bridgehead atoms. The van der Waals surface area contributed by atoms with E-state index in [0.29, 0.717) is 11.3 Å². The molecule has 2 rings (SSSR count). The van der Waals surface area contributed by atoms with Gasteiger partial charge < -0.3 is 16.0 Å². The molecule has 104 valence electrons. The highest BCUT2D eigenvalue weighted by Crippen LogP contribution is 2.18. The van der Waals surface area contributed by atoms with E-state index in [-0.39, 0.29) is 11.6 Å². The molecule has 0 saturated heterocycles. The first-order valence-corrected chi connectivity index (χ1v) is 6.11. The van der Waals surface area contributed by atoms with Crippen molar-refractivity contribution in [3.05, 3.63) is 53.8 Å². The number of carbonyl (C=O) groups excluding carboxylic acids is 1. The van der Waals surface area contributed by atoms with E-state index in [1.54, 1.807) is 24.3 Å². The van der Waals surface area contributed by atoms with Crippen molar-refractivity contribution >= 4 is 23.0 Å². The fourth-order valence-electron chi connectivity index (χ4n) is 1.73. The minimum absolute atomic E-state index is 0.0533. The van der Waals surface area contributed by atoms with Gasteiger partial charge in [0.1, 0.15) is 5.82 Å². The largest absolute Gasteiger partial charge is 0.396 e. The van der Waals surface area contributed by atoms with Crippen molar-refractivity contribution in [1.29, 1.82) is 0 Å². The molecule has 1 amide bonds. The average Bonchev–Trinajstić information content (AvgIpc) is 2.43. The van der Waals surface area contributed by atoms with E-state index in [2.05, 4.69) is 5.32 Å². The van der Waals surface area contributed by atoms with Gasteiger partial charge in [0.15, 0.2) is 0 Å². The van der Waals surface area contributed by atoms with Crippen LogP contribution >= 0.6 is 0 Å². The van der Waals surface area contributed by atoms with E-state index in [1.165, 1.54) is 12.1 Å². The molecule has 4 nitrogen and oxygen atoms in total. The second-order valence-electron chi connectivity index (χ2n) is 4.64. The predicted molar refractivity (Wildman–Crippen MR) is 79.5 cm³/mol. The topological polar surface area (TPSA) is 58.4 Å². The summed E-state index contributed by atoms with van der Waals surface area (Å²) in [5.74, 6) is -0.845. The number of rotatable bonds is 3. The maximum Gasteiger partial charge on any atom is 0.255 e.